The molecule has 0 aliphatic carbocycles. The van der Waals surface area contributed by atoms with E-state index in [2.05, 4.69) is 15.2 Å². The number of hydrogen-bond donors (Lipinski definition) is 3. The van der Waals surface area contributed by atoms with Crippen molar-refractivity contribution in [3.8, 4) is 11.5 Å². The monoisotopic (exact) mass is 562 g/mol. The van der Waals surface area contributed by atoms with Gasteiger partial charge in [-0.1, -0.05) is 35.6 Å². The molecule has 0 bridgehead atoms. The molecule has 1 aromatic carbocycles. The topological polar surface area (TPSA) is 163 Å². The molecule has 3 rings (SSSR count). The number of carbonyl (C=O) groups is 3. The number of nitrogen functional groups attached to an aromatic ring is 1. The molecule has 2 heterocycles. The number of nitrogens with two attached hydrogens (primary N) is 1. The van der Waals surface area contributed by atoms with E-state index in [-0.39, 0.29) is 46.0 Å². The van der Waals surface area contributed by atoms with E-state index >= 15 is 0 Å². The summed E-state index contributed by atoms with van der Waals surface area (Å²) in [6, 6.07) is 8.03. The highest BCUT2D eigenvalue weighted by molar-refractivity contribution is 7.67. The normalized spacial score (nSPS) is 13.1. The lowest BCUT2D eigenvalue weighted by atomic mass is 10.0. The Morgan fingerprint density at radius 3 is 2.16 bits per heavy atom. The first kappa shape index (κ1) is 29.2. The molecule has 0 radical (unpaired) electrons. The van der Waals surface area contributed by atoms with Crippen molar-refractivity contribution in [2.75, 3.05) is 18.9 Å². The number of aryl methyl sites for hydroxylation is 1. The molecule has 0 fully saturated rings. The van der Waals surface area contributed by atoms with Gasteiger partial charge >= 0.3 is 11.9 Å². The molecule has 2 atom stereocenters. The summed E-state index contributed by atoms with van der Waals surface area (Å²) in [5.74, 6) is -1.41. The smallest absolute Gasteiger partial charge is 0.323 e. The molecular weight excluding hydrogens is 531 g/mol. The van der Waals surface area contributed by atoms with Crippen LogP contribution in [0.4, 0.5) is 5.13 Å². The largest absolute Gasteiger partial charge is 0.465 e. The van der Waals surface area contributed by atoms with Crippen LogP contribution in [0, 0.1) is 6.92 Å². The maximum Gasteiger partial charge on any atom is 0.323 e. The molecule has 2 aromatic heterocycles. The first-order valence-corrected chi connectivity index (χ1v) is 14.5. The van der Waals surface area contributed by atoms with Crippen LogP contribution < -0.4 is 21.4 Å². The van der Waals surface area contributed by atoms with Gasteiger partial charge < -0.3 is 19.6 Å². The summed E-state index contributed by atoms with van der Waals surface area (Å²) in [7, 11) is -3.95. The summed E-state index contributed by atoms with van der Waals surface area (Å²) in [6.07, 6.45) is 0. The standard InChI is InChI=1S/C25H31N4O7PS/c1-6-34-23(31)15(4)28-37(33,29-16(5)24(32)35-7-2)19-13-12-18(36-19)20-22(38-25(26)27-20)21(30)17-11-9-8-10-14(17)3/h8-13,15-16H,6-7H2,1-5H3,(H2,26,27)(H2,28,29,33)/t15-,16-/m0/s1. The van der Waals surface area contributed by atoms with Gasteiger partial charge in [-0.15, -0.1) is 0 Å². The Morgan fingerprint density at radius 1 is 1.03 bits per heavy atom. The van der Waals surface area contributed by atoms with Gasteiger partial charge in [-0.2, -0.15) is 0 Å². The fourth-order valence-electron chi connectivity index (χ4n) is 3.58. The van der Waals surface area contributed by atoms with Gasteiger partial charge in [0.2, 0.25) is 5.78 Å². The van der Waals surface area contributed by atoms with E-state index in [0.717, 1.165) is 16.9 Å². The number of benzene rings is 1. The molecule has 204 valence electrons. The lowest BCUT2D eigenvalue weighted by molar-refractivity contribution is -0.145. The fraction of sp³-hybridized carbons (Fsp3) is 0.360. The van der Waals surface area contributed by atoms with Gasteiger partial charge in [0.25, 0.3) is 7.44 Å². The number of ether oxygens (including phenoxy) is 2. The Morgan fingerprint density at radius 2 is 1.61 bits per heavy atom. The van der Waals surface area contributed by atoms with E-state index in [1.54, 1.807) is 26.0 Å². The molecule has 0 amide bonds. The van der Waals surface area contributed by atoms with Crippen molar-refractivity contribution in [2.24, 2.45) is 0 Å². The molecule has 0 saturated carbocycles. The Kier molecular flexibility index (Phi) is 9.61. The molecule has 0 unspecified atom stereocenters. The van der Waals surface area contributed by atoms with Gasteiger partial charge in [-0.25, -0.2) is 15.2 Å². The summed E-state index contributed by atoms with van der Waals surface area (Å²) in [6.45, 7) is 8.35. The first-order valence-electron chi connectivity index (χ1n) is 12.0. The van der Waals surface area contributed by atoms with Crippen molar-refractivity contribution in [3.63, 3.8) is 0 Å². The van der Waals surface area contributed by atoms with E-state index in [1.807, 2.05) is 19.1 Å². The zero-order valence-electron chi connectivity index (χ0n) is 21.8. The zero-order valence-corrected chi connectivity index (χ0v) is 23.5. The minimum atomic E-state index is -3.95. The third-order valence-corrected chi connectivity index (χ3v) is 8.65. The summed E-state index contributed by atoms with van der Waals surface area (Å²) in [4.78, 5) is 42.4. The molecule has 0 spiro atoms. The van der Waals surface area contributed by atoms with Crippen molar-refractivity contribution in [3.05, 3.63) is 52.4 Å². The molecular formula is C25H31N4O7PS. The maximum absolute atomic E-state index is 14.1. The second kappa shape index (κ2) is 12.5. The summed E-state index contributed by atoms with van der Waals surface area (Å²) in [5, 5.41) is 5.60. The number of aromatic nitrogens is 1. The minimum Gasteiger partial charge on any atom is -0.465 e. The third-order valence-electron chi connectivity index (χ3n) is 5.41. The average molecular weight is 563 g/mol. The predicted octanol–water partition coefficient (Wildman–Crippen LogP) is 3.43. The van der Waals surface area contributed by atoms with Crippen LogP contribution in [0.25, 0.3) is 11.5 Å². The van der Waals surface area contributed by atoms with Crippen LogP contribution in [0.3, 0.4) is 0 Å². The van der Waals surface area contributed by atoms with Crippen LogP contribution in [0.5, 0.6) is 0 Å². The molecule has 4 N–H and O–H groups in total. The number of thiazole rings is 1. The number of rotatable bonds is 12. The van der Waals surface area contributed by atoms with Crippen molar-refractivity contribution in [1.82, 2.24) is 15.2 Å². The number of ketones is 1. The number of anilines is 1. The predicted molar refractivity (Wildman–Crippen MR) is 145 cm³/mol. The van der Waals surface area contributed by atoms with Gasteiger partial charge in [-0.05, 0) is 52.3 Å². The highest BCUT2D eigenvalue weighted by Crippen LogP contribution is 2.40. The number of esters is 2. The highest BCUT2D eigenvalue weighted by Gasteiger charge is 2.37. The molecule has 0 saturated heterocycles. The Hall–Kier alpha value is -3.31. The maximum atomic E-state index is 14.1. The lowest BCUT2D eigenvalue weighted by Gasteiger charge is -2.24. The highest BCUT2D eigenvalue weighted by atomic mass is 32.1. The number of hydrogen-bond acceptors (Lipinski definition) is 10. The van der Waals surface area contributed by atoms with Crippen LogP contribution in [0.15, 0.2) is 40.8 Å². The van der Waals surface area contributed by atoms with Gasteiger partial charge in [0.1, 0.15) is 22.7 Å². The van der Waals surface area contributed by atoms with Gasteiger partial charge in [0.05, 0.1) is 13.2 Å². The number of carbonyl (C=O) groups excluding carboxylic acids is 3. The number of nitrogens with zero attached hydrogens (tertiary/aromatic N) is 1. The van der Waals surface area contributed by atoms with E-state index in [9.17, 15) is 18.9 Å². The molecule has 38 heavy (non-hydrogen) atoms. The van der Waals surface area contributed by atoms with Crippen molar-refractivity contribution in [2.45, 2.75) is 46.7 Å². The average Bonchev–Trinajstić information content (AvgIpc) is 3.51. The quantitative estimate of drug-likeness (QED) is 0.168. The van der Waals surface area contributed by atoms with Crippen LogP contribution in [0.1, 0.15) is 48.5 Å². The van der Waals surface area contributed by atoms with E-state index in [0.29, 0.717) is 5.56 Å². The first-order chi connectivity index (χ1) is 18.0. The number of nitrogens with one attached hydrogen (secondary N) is 2. The van der Waals surface area contributed by atoms with Crippen LogP contribution >= 0.6 is 18.8 Å². The van der Waals surface area contributed by atoms with Crippen LogP contribution in [0.2, 0.25) is 0 Å². The summed E-state index contributed by atoms with van der Waals surface area (Å²) in [5.41, 5.74) is 7.32. The van der Waals surface area contributed by atoms with Gasteiger partial charge in [0.15, 0.2) is 16.4 Å². The third kappa shape index (κ3) is 6.57. The Balaban J connectivity index is 2.01. The SMILES string of the molecule is CCOC(=O)[C@H](C)NP(=O)(N[C@@H](C)C(=O)OCC)c1ccc(-c2nc(N)sc2C(=O)c2ccccc2C)o1. The lowest BCUT2D eigenvalue weighted by Crippen LogP contribution is -2.44. The Labute approximate surface area is 224 Å². The fourth-order valence-corrected chi connectivity index (χ4v) is 6.52. The molecule has 0 aliphatic rings. The van der Waals surface area contributed by atoms with Gasteiger partial charge in [-0.3, -0.25) is 18.9 Å². The van der Waals surface area contributed by atoms with E-state index in [4.69, 9.17) is 19.6 Å². The summed E-state index contributed by atoms with van der Waals surface area (Å²) < 4.78 is 30.1. The molecule has 0 aliphatic heterocycles. The van der Waals surface area contributed by atoms with Gasteiger partial charge in [0, 0.05) is 5.56 Å². The van der Waals surface area contributed by atoms with Crippen LogP contribution in [-0.4, -0.2) is 48.0 Å². The van der Waals surface area contributed by atoms with Crippen LogP contribution in [-0.2, 0) is 23.6 Å². The second-order valence-corrected chi connectivity index (χ2v) is 11.5. The molecule has 11 nitrogen and oxygen atoms in total. The van der Waals surface area contributed by atoms with E-state index in [1.165, 1.54) is 26.0 Å². The second-order valence-electron chi connectivity index (χ2n) is 8.33. The number of furan rings is 1. The van der Waals surface area contributed by atoms with Crippen molar-refractivity contribution < 1.29 is 32.8 Å². The molecule has 3 aromatic rings. The molecule has 13 heteroatoms. The zero-order chi connectivity index (χ0) is 28.0. The minimum absolute atomic E-state index is 0.0966. The van der Waals surface area contributed by atoms with E-state index < -0.39 is 31.5 Å². The Bertz CT molecular complexity index is 1340. The van der Waals surface area contributed by atoms with Crippen molar-refractivity contribution >= 4 is 47.1 Å². The van der Waals surface area contributed by atoms with Crippen molar-refractivity contribution in [1.29, 1.82) is 0 Å². The summed E-state index contributed by atoms with van der Waals surface area (Å²) >= 11 is 1.01.